The fourth-order valence-electron chi connectivity index (χ4n) is 1.46. The van der Waals surface area contributed by atoms with Gasteiger partial charge in [-0.05, 0) is 19.1 Å². The number of nitrogens with one attached hydrogen (secondary N) is 1. The molecule has 1 aromatic carbocycles. The van der Waals surface area contributed by atoms with E-state index in [0.717, 1.165) is 18.7 Å². The Morgan fingerprint density at radius 1 is 1.43 bits per heavy atom. The first kappa shape index (κ1) is 9.94. The first-order valence-corrected chi connectivity index (χ1v) is 5.32. The number of anilines is 1. The Morgan fingerprint density at radius 2 is 2.21 bits per heavy atom. The van der Waals surface area contributed by atoms with Gasteiger partial charge in [0, 0.05) is 13.0 Å². The molecular weight excluding hydrogens is 221 g/mol. The van der Waals surface area contributed by atoms with Crippen LogP contribution in [-0.2, 0) is 0 Å². The van der Waals surface area contributed by atoms with Gasteiger partial charge in [0.1, 0.15) is 5.02 Å². The zero-order valence-corrected chi connectivity index (χ0v) is 9.32. The van der Waals surface area contributed by atoms with Gasteiger partial charge in [0.25, 0.3) is 0 Å². The SMILES string of the molecule is CC1CCNc2ccc(Cl)c(Cl)c2O1. The van der Waals surface area contributed by atoms with Crippen molar-refractivity contribution in [1.82, 2.24) is 0 Å². The van der Waals surface area contributed by atoms with Gasteiger partial charge in [0.05, 0.1) is 16.8 Å². The van der Waals surface area contributed by atoms with Crippen LogP contribution in [0.2, 0.25) is 10.0 Å². The molecule has 1 N–H and O–H groups in total. The van der Waals surface area contributed by atoms with Crippen molar-refractivity contribution in [2.24, 2.45) is 0 Å². The molecule has 2 rings (SSSR count). The Hall–Kier alpha value is -0.600. The van der Waals surface area contributed by atoms with Crippen molar-refractivity contribution in [3.8, 4) is 5.75 Å². The van der Waals surface area contributed by atoms with E-state index in [2.05, 4.69) is 5.32 Å². The monoisotopic (exact) mass is 231 g/mol. The van der Waals surface area contributed by atoms with Crippen LogP contribution in [0.15, 0.2) is 12.1 Å². The fraction of sp³-hybridized carbons (Fsp3) is 0.400. The van der Waals surface area contributed by atoms with Gasteiger partial charge in [0.15, 0.2) is 5.75 Å². The molecule has 0 aliphatic carbocycles. The third kappa shape index (κ3) is 1.77. The Balaban J connectivity index is 2.46. The molecule has 0 aromatic heterocycles. The third-order valence-electron chi connectivity index (χ3n) is 2.24. The van der Waals surface area contributed by atoms with Gasteiger partial charge in [-0.25, -0.2) is 0 Å². The number of halogens is 2. The van der Waals surface area contributed by atoms with Crippen molar-refractivity contribution in [2.45, 2.75) is 19.4 Å². The van der Waals surface area contributed by atoms with Crippen LogP contribution >= 0.6 is 23.2 Å². The minimum atomic E-state index is 0.166. The normalized spacial score (nSPS) is 20.4. The largest absolute Gasteiger partial charge is 0.487 e. The van der Waals surface area contributed by atoms with E-state index in [9.17, 15) is 0 Å². The fourth-order valence-corrected chi connectivity index (χ4v) is 1.81. The molecule has 1 heterocycles. The second-order valence-corrected chi connectivity index (χ2v) is 4.17. The minimum absolute atomic E-state index is 0.166. The van der Waals surface area contributed by atoms with Crippen molar-refractivity contribution >= 4 is 28.9 Å². The standard InChI is InChI=1S/C10H11Cl2NO/c1-6-4-5-13-8-3-2-7(11)9(12)10(8)14-6/h2-3,6,13H,4-5H2,1H3. The minimum Gasteiger partial charge on any atom is -0.487 e. The lowest BCUT2D eigenvalue weighted by molar-refractivity contribution is 0.222. The lowest BCUT2D eigenvalue weighted by atomic mass is 10.3. The summed E-state index contributed by atoms with van der Waals surface area (Å²) >= 11 is 12.0. The van der Waals surface area contributed by atoms with Gasteiger partial charge in [0.2, 0.25) is 0 Å². The lowest BCUT2D eigenvalue weighted by Crippen LogP contribution is -2.12. The molecule has 0 bridgehead atoms. The van der Waals surface area contributed by atoms with Crippen LogP contribution in [0.5, 0.6) is 5.75 Å². The summed E-state index contributed by atoms with van der Waals surface area (Å²) in [5.41, 5.74) is 0.920. The van der Waals surface area contributed by atoms with Crippen LogP contribution in [0.25, 0.3) is 0 Å². The predicted molar refractivity (Wildman–Crippen MR) is 59.7 cm³/mol. The highest BCUT2D eigenvalue weighted by Gasteiger charge is 2.18. The smallest absolute Gasteiger partial charge is 0.162 e. The molecule has 0 amide bonds. The zero-order valence-electron chi connectivity index (χ0n) is 7.81. The van der Waals surface area contributed by atoms with E-state index >= 15 is 0 Å². The van der Waals surface area contributed by atoms with Crippen LogP contribution in [-0.4, -0.2) is 12.6 Å². The predicted octanol–water partition coefficient (Wildman–Crippen LogP) is 3.58. The van der Waals surface area contributed by atoms with E-state index < -0.39 is 0 Å². The first-order chi connectivity index (χ1) is 6.68. The van der Waals surface area contributed by atoms with Crippen molar-refractivity contribution in [3.63, 3.8) is 0 Å². The molecule has 2 nitrogen and oxygen atoms in total. The quantitative estimate of drug-likeness (QED) is 0.738. The number of ether oxygens (including phenoxy) is 1. The Bertz CT molecular complexity index is 354. The molecule has 1 atom stereocenters. The topological polar surface area (TPSA) is 21.3 Å². The van der Waals surface area contributed by atoms with Crippen molar-refractivity contribution < 1.29 is 4.74 Å². The van der Waals surface area contributed by atoms with Gasteiger partial charge < -0.3 is 10.1 Å². The average Bonchev–Trinajstić information content (AvgIpc) is 2.34. The van der Waals surface area contributed by atoms with Crippen molar-refractivity contribution in [3.05, 3.63) is 22.2 Å². The highest BCUT2D eigenvalue weighted by Crippen LogP contribution is 2.40. The molecule has 1 unspecified atom stereocenters. The zero-order chi connectivity index (χ0) is 10.1. The van der Waals surface area contributed by atoms with E-state index in [4.69, 9.17) is 27.9 Å². The van der Waals surface area contributed by atoms with E-state index in [0.29, 0.717) is 15.8 Å². The summed E-state index contributed by atoms with van der Waals surface area (Å²) in [4.78, 5) is 0. The van der Waals surface area contributed by atoms with Crippen molar-refractivity contribution in [2.75, 3.05) is 11.9 Å². The van der Waals surface area contributed by atoms with Gasteiger partial charge in [-0.15, -0.1) is 0 Å². The molecule has 1 aromatic rings. The Morgan fingerprint density at radius 3 is 3.00 bits per heavy atom. The van der Waals surface area contributed by atoms with Crippen LogP contribution in [0.4, 0.5) is 5.69 Å². The summed E-state index contributed by atoms with van der Waals surface area (Å²) in [5, 5.41) is 4.28. The van der Waals surface area contributed by atoms with Crippen LogP contribution in [0.3, 0.4) is 0 Å². The molecule has 0 spiro atoms. The number of hydrogen-bond acceptors (Lipinski definition) is 2. The average molecular weight is 232 g/mol. The maximum absolute atomic E-state index is 6.05. The molecule has 4 heteroatoms. The lowest BCUT2D eigenvalue weighted by Gasteiger charge is -2.13. The van der Waals surface area contributed by atoms with Crippen LogP contribution in [0.1, 0.15) is 13.3 Å². The first-order valence-electron chi connectivity index (χ1n) is 4.57. The van der Waals surface area contributed by atoms with E-state index in [-0.39, 0.29) is 6.10 Å². The van der Waals surface area contributed by atoms with Crippen molar-refractivity contribution in [1.29, 1.82) is 0 Å². The van der Waals surface area contributed by atoms with Gasteiger partial charge >= 0.3 is 0 Å². The number of hydrogen-bond donors (Lipinski definition) is 1. The second-order valence-electron chi connectivity index (χ2n) is 3.38. The Kier molecular flexibility index (Phi) is 2.75. The Labute approximate surface area is 93.2 Å². The summed E-state index contributed by atoms with van der Waals surface area (Å²) in [6, 6.07) is 3.66. The third-order valence-corrected chi connectivity index (χ3v) is 3.02. The number of rotatable bonds is 0. The molecular formula is C10H11Cl2NO. The van der Waals surface area contributed by atoms with Gasteiger partial charge in [-0.2, -0.15) is 0 Å². The number of fused-ring (bicyclic) bond motifs is 1. The van der Waals surface area contributed by atoms with Gasteiger partial charge in [-0.3, -0.25) is 0 Å². The molecule has 1 aliphatic rings. The summed E-state index contributed by atoms with van der Waals surface area (Å²) in [6.45, 7) is 2.92. The molecule has 76 valence electrons. The number of benzene rings is 1. The summed E-state index contributed by atoms with van der Waals surface area (Å²) in [7, 11) is 0. The summed E-state index contributed by atoms with van der Waals surface area (Å²) in [5.74, 6) is 0.671. The highest BCUT2D eigenvalue weighted by atomic mass is 35.5. The summed E-state index contributed by atoms with van der Waals surface area (Å²) in [6.07, 6.45) is 1.13. The summed E-state index contributed by atoms with van der Waals surface area (Å²) < 4.78 is 5.69. The molecule has 0 saturated heterocycles. The highest BCUT2D eigenvalue weighted by molar-refractivity contribution is 6.43. The van der Waals surface area contributed by atoms with Crippen LogP contribution in [0, 0.1) is 0 Å². The van der Waals surface area contributed by atoms with E-state index in [1.807, 2.05) is 13.0 Å². The van der Waals surface area contributed by atoms with E-state index in [1.54, 1.807) is 6.07 Å². The molecule has 0 radical (unpaired) electrons. The molecule has 0 fully saturated rings. The second kappa shape index (κ2) is 3.87. The molecule has 1 aliphatic heterocycles. The maximum Gasteiger partial charge on any atom is 0.162 e. The molecule has 0 saturated carbocycles. The van der Waals surface area contributed by atoms with E-state index in [1.165, 1.54) is 0 Å². The van der Waals surface area contributed by atoms with Gasteiger partial charge in [-0.1, -0.05) is 23.2 Å². The maximum atomic E-state index is 6.05. The molecule has 14 heavy (non-hydrogen) atoms. The van der Waals surface area contributed by atoms with Crippen LogP contribution < -0.4 is 10.1 Å².